The standard InChI is InChI=1S/C22H26ClN3O3S/c1-16-2-9-20(30(28,29)24-19-7-8-19)14-21(16)22(27)26-12-10-25(11-13-26)15-17-3-5-18(23)6-4-17/h2-6,9,14,19,24H,7-8,10-13,15H2,1H3. The lowest BCUT2D eigenvalue weighted by Crippen LogP contribution is -2.48. The molecule has 1 amide bonds. The summed E-state index contributed by atoms with van der Waals surface area (Å²) in [5.41, 5.74) is 2.44. The van der Waals surface area contributed by atoms with Crippen LogP contribution in [0.4, 0.5) is 0 Å². The third kappa shape index (κ3) is 5.03. The Morgan fingerprint density at radius 2 is 1.73 bits per heavy atom. The van der Waals surface area contributed by atoms with Gasteiger partial charge >= 0.3 is 0 Å². The zero-order valence-corrected chi connectivity index (χ0v) is 18.5. The molecule has 1 aliphatic carbocycles. The highest BCUT2D eigenvalue weighted by Gasteiger charge is 2.29. The van der Waals surface area contributed by atoms with Crippen molar-refractivity contribution in [3.05, 3.63) is 64.2 Å². The SMILES string of the molecule is Cc1ccc(S(=O)(=O)NC2CC2)cc1C(=O)N1CCN(Cc2ccc(Cl)cc2)CC1. The van der Waals surface area contributed by atoms with E-state index in [1.54, 1.807) is 12.1 Å². The number of sulfonamides is 1. The van der Waals surface area contributed by atoms with E-state index in [1.165, 1.54) is 11.6 Å². The summed E-state index contributed by atoms with van der Waals surface area (Å²) in [7, 11) is -3.59. The van der Waals surface area contributed by atoms with Crippen LogP contribution >= 0.6 is 11.6 Å². The fourth-order valence-corrected chi connectivity index (χ4v) is 5.07. The van der Waals surface area contributed by atoms with Crippen LogP contribution in [0.15, 0.2) is 47.4 Å². The Kier molecular flexibility index (Phi) is 6.16. The zero-order valence-electron chi connectivity index (χ0n) is 17.0. The number of nitrogens with one attached hydrogen (secondary N) is 1. The molecule has 0 aromatic heterocycles. The molecule has 2 fully saturated rings. The average molecular weight is 448 g/mol. The Hall–Kier alpha value is -1.93. The van der Waals surface area contributed by atoms with E-state index in [1.807, 2.05) is 36.1 Å². The summed E-state index contributed by atoms with van der Waals surface area (Å²) in [4.78, 5) is 17.4. The fourth-order valence-electron chi connectivity index (χ4n) is 3.61. The fraction of sp³-hybridized carbons (Fsp3) is 0.409. The van der Waals surface area contributed by atoms with E-state index in [-0.39, 0.29) is 16.8 Å². The van der Waals surface area contributed by atoms with Crippen molar-refractivity contribution in [1.82, 2.24) is 14.5 Å². The maximum absolute atomic E-state index is 13.1. The molecule has 0 radical (unpaired) electrons. The molecule has 0 atom stereocenters. The molecule has 1 heterocycles. The first-order valence-electron chi connectivity index (χ1n) is 10.2. The van der Waals surface area contributed by atoms with Crippen molar-refractivity contribution in [2.45, 2.75) is 37.2 Å². The summed E-state index contributed by atoms with van der Waals surface area (Å²) < 4.78 is 27.7. The van der Waals surface area contributed by atoms with Crippen LogP contribution in [0, 0.1) is 6.92 Å². The van der Waals surface area contributed by atoms with Gasteiger partial charge in [0.05, 0.1) is 4.90 Å². The third-order valence-corrected chi connectivity index (χ3v) is 7.40. The summed E-state index contributed by atoms with van der Waals surface area (Å²) in [5, 5.41) is 0.723. The number of amides is 1. The minimum absolute atomic E-state index is 0.0316. The molecule has 2 aromatic carbocycles. The van der Waals surface area contributed by atoms with E-state index >= 15 is 0 Å². The van der Waals surface area contributed by atoms with Crippen LogP contribution in [-0.2, 0) is 16.6 Å². The quantitative estimate of drug-likeness (QED) is 0.738. The second-order valence-electron chi connectivity index (χ2n) is 8.07. The van der Waals surface area contributed by atoms with Crippen LogP contribution < -0.4 is 4.72 Å². The first-order chi connectivity index (χ1) is 14.3. The minimum atomic E-state index is -3.59. The van der Waals surface area contributed by atoms with Gasteiger partial charge in [-0.2, -0.15) is 0 Å². The van der Waals surface area contributed by atoms with Crippen molar-refractivity contribution in [3.63, 3.8) is 0 Å². The van der Waals surface area contributed by atoms with Crippen molar-refractivity contribution in [2.75, 3.05) is 26.2 Å². The Morgan fingerprint density at radius 3 is 2.37 bits per heavy atom. The van der Waals surface area contributed by atoms with E-state index in [4.69, 9.17) is 11.6 Å². The van der Waals surface area contributed by atoms with Crippen LogP contribution in [0.3, 0.4) is 0 Å². The number of benzene rings is 2. The molecule has 4 rings (SSSR count). The molecule has 1 saturated carbocycles. The molecule has 2 aromatic rings. The Bertz CT molecular complexity index is 1030. The number of nitrogens with zero attached hydrogens (tertiary/aromatic N) is 2. The van der Waals surface area contributed by atoms with Crippen molar-refractivity contribution in [3.8, 4) is 0 Å². The van der Waals surface area contributed by atoms with Crippen LogP contribution in [0.5, 0.6) is 0 Å². The first kappa shape index (κ1) is 21.3. The van der Waals surface area contributed by atoms with Gasteiger partial charge in [0.25, 0.3) is 5.91 Å². The highest BCUT2D eigenvalue weighted by molar-refractivity contribution is 7.89. The molecular formula is C22H26ClN3O3S. The molecule has 0 spiro atoms. The van der Waals surface area contributed by atoms with Gasteiger partial charge in [-0.25, -0.2) is 13.1 Å². The topological polar surface area (TPSA) is 69.7 Å². The number of aryl methyl sites for hydroxylation is 1. The van der Waals surface area contributed by atoms with Gasteiger partial charge in [0.1, 0.15) is 0 Å². The number of hydrogen-bond acceptors (Lipinski definition) is 4. The molecule has 0 bridgehead atoms. The van der Waals surface area contributed by atoms with Crippen LogP contribution in [0.1, 0.15) is 34.3 Å². The molecular weight excluding hydrogens is 422 g/mol. The summed E-state index contributed by atoms with van der Waals surface area (Å²) in [5.74, 6) is -0.109. The first-order valence-corrected chi connectivity index (χ1v) is 12.1. The molecule has 8 heteroatoms. The zero-order chi connectivity index (χ0) is 21.3. The maximum atomic E-state index is 13.1. The van der Waals surface area contributed by atoms with Gasteiger partial charge in [0.2, 0.25) is 10.0 Å². The number of halogens is 1. The lowest BCUT2D eigenvalue weighted by Gasteiger charge is -2.35. The molecule has 30 heavy (non-hydrogen) atoms. The van der Waals surface area contributed by atoms with Crippen molar-refractivity contribution in [1.29, 1.82) is 0 Å². The predicted molar refractivity (Wildman–Crippen MR) is 117 cm³/mol. The van der Waals surface area contributed by atoms with Gasteiger partial charge in [-0.05, 0) is 55.2 Å². The number of hydrogen-bond donors (Lipinski definition) is 1. The number of carbonyl (C=O) groups excluding carboxylic acids is 1. The minimum Gasteiger partial charge on any atom is -0.336 e. The van der Waals surface area contributed by atoms with Gasteiger partial charge in [0, 0.05) is 49.4 Å². The molecule has 160 valence electrons. The van der Waals surface area contributed by atoms with Crippen molar-refractivity contribution in [2.24, 2.45) is 0 Å². The average Bonchev–Trinajstić information content (AvgIpc) is 3.53. The van der Waals surface area contributed by atoms with E-state index in [9.17, 15) is 13.2 Å². The Morgan fingerprint density at radius 1 is 1.07 bits per heavy atom. The normalized spacial score (nSPS) is 17.9. The van der Waals surface area contributed by atoms with Gasteiger partial charge in [-0.1, -0.05) is 29.8 Å². The second-order valence-corrected chi connectivity index (χ2v) is 10.2. The van der Waals surface area contributed by atoms with Gasteiger partial charge in [-0.15, -0.1) is 0 Å². The van der Waals surface area contributed by atoms with Gasteiger partial charge in [0.15, 0.2) is 0 Å². The van der Waals surface area contributed by atoms with E-state index < -0.39 is 10.0 Å². The highest BCUT2D eigenvalue weighted by atomic mass is 35.5. The van der Waals surface area contributed by atoms with E-state index in [0.717, 1.165) is 43.1 Å². The molecule has 1 saturated heterocycles. The molecule has 1 aliphatic heterocycles. The van der Waals surface area contributed by atoms with E-state index in [2.05, 4.69) is 9.62 Å². The molecule has 0 unspecified atom stereocenters. The lowest BCUT2D eigenvalue weighted by atomic mass is 10.1. The second kappa shape index (κ2) is 8.67. The summed E-state index contributed by atoms with van der Waals surface area (Å²) in [6.07, 6.45) is 1.74. The van der Waals surface area contributed by atoms with Gasteiger partial charge in [-0.3, -0.25) is 9.69 Å². The van der Waals surface area contributed by atoms with Crippen LogP contribution in [0.25, 0.3) is 0 Å². The van der Waals surface area contributed by atoms with E-state index in [0.29, 0.717) is 18.7 Å². The van der Waals surface area contributed by atoms with Crippen molar-refractivity contribution < 1.29 is 13.2 Å². The van der Waals surface area contributed by atoms with Crippen molar-refractivity contribution >= 4 is 27.5 Å². The predicted octanol–water partition coefficient (Wildman–Crippen LogP) is 3.05. The summed E-state index contributed by atoms with van der Waals surface area (Å²) in [6.45, 7) is 5.43. The number of piperazine rings is 1. The van der Waals surface area contributed by atoms with Gasteiger partial charge < -0.3 is 4.90 Å². The van der Waals surface area contributed by atoms with Crippen LogP contribution in [0.2, 0.25) is 5.02 Å². The summed E-state index contributed by atoms with van der Waals surface area (Å²) >= 11 is 5.95. The Labute approximate surface area is 182 Å². The maximum Gasteiger partial charge on any atom is 0.254 e. The smallest absolute Gasteiger partial charge is 0.254 e. The third-order valence-electron chi connectivity index (χ3n) is 5.63. The highest BCUT2D eigenvalue weighted by Crippen LogP contribution is 2.24. The number of rotatable bonds is 6. The molecule has 1 N–H and O–H groups in total. The molecule has 6 nitrogen and oxygen atoms in total. The largest absolute Gasteiger partial charge is 0.336 e. The Balaban J connectivity index is 1.41. The number of carbonyl (C=O) groups is 1. The molecule has 2 aliphatic rings. The monoisotopic (exact) mass is 447 g/mol. The lowest BCUT2D eigenvalue weighted by molar-refractivity contribution is 0.0627. The summed E-state index contributed by atoms with van der Waals surface area (Å²) in [6, 6.07) is 12.6. The van der Waals surface area contributed by atoms with Crippen LogP contribution in [-0.4, -0.2) is 56.3 Å².